The molecule has 14 heteroatoms. The Labute approximate surface area is 318 Å². The van der Waals surface area contributed by atoms with Gasteiger partial charge in [0.15, 0.2) is 0 Å². The SMILES string of the molecule is Cc1cc(C)n(C[C@H](CC(C)C)C(=O)N[C@@H](CNC(=O)OC(C)(C)C)C(=O)N[C@@H](CC(C)C)[C@@H](O)C[C@@H](C)C(=O)N[C@H](C(=O)NCC(C)C)C(C)C)n1. The van der Waals surface area contributed by atoms with E-state index in [9.17, 15) is 29.1 Å². The molecule has 1 heterocycles. The molecule has 0 spiro atoms. The van der Waals surface area contributed by atoms with E-state index in [-0.39, 0.29) is 54.4 Å². The van der Waals surface area contributed by atoms with Crippen molar-refractivity contribution in [3.63, 3.8) is 0 Å². The first-order valence-corrected chi connectivity index (χ1v) is 19.2. The Morgan fingerprint density at radius 3 is 1.85 bits per heavy atom. The van der Waals surface area contributed by atoms with Gasteiger partial charge in [-0.2, -0.15) is 5.10 Å². The summed E-state index contributed by atoms with van der Waals surface area (Å²) in [6.45, 7) is 26.8. The summed E-state index contributed by atoms with van der Waals surface area (Å²) < 4.78 is 7.16. The van der Waals surface area contributed by atoms with Crippen LogP contribution in [-0.4, -0.2) is 87.5 Å². The fraction of sp³-hybridized carbons (Fsp3) is 0.795. The molecule has 304 valence electrons. The van der Waals surface area contributed by atoms with Crippen LogP contribution < -0.4 is 26.6 Å². The van der Waals surface area contributed by atoms with Gasteiger partial charge in [-0.15, -0.1) is 0 Å². The molecule has 1 aromatic rings. The summed E-state index contributed by atoms with van der Waals surface area (Å²) in [4.78, 5) is 66.6. The van der Waals surface area contributed by atoms with E-state index in [1.54, 1.807) is 32.4 Å². The number of alkyl carbamates (subject to hydrolysis) is 1. The molecule has 0 fully saturated rings. The van der Waals surface area contributed by atoms with Crippen LogP contribution in [0.4, 0.5) is 4.79 Å². The van der Waals surface area contributed by atoms with Crippen LogP contribution in [0.25, 0.3) is 0 Å². The number of rotatable bonds is 21. The van der Waals surface area contributed by atoms with Gasteiger partial charge in [-0.05, 0) is 83.6 Å². The smallest absolute Gasteiger partial charge is 0.407 e. The van der Waals surface area contributed by atoms with Gasteiger partial charge in [0.1, 0.15) is 17.7 Å². The first kappa shape index (κ1) is 47.3. The predicted octanol–water partition coefficient (Wildman–Crippen LogP) is 4.00. The van der Waals surface area contributed by atoms with Crippen LogP contribution in [0, 0.1) is 49.4 Å². The summed E-state index contributed by atoms with van der Waals surface area (Å²) in [5.74, 6) is -2.53. The van der Waals surface area contributed by atoms with Crippen molar-refractivity contribution >= 4 is 29.7 Å². The lowest BCUT2D eigenvalue weighted by molar-refractivity contribution is -0.133. The van der Waals surface area contributed by atoms with E-state index < -0.39 is 53.7 Å². The van der Waals surface area contributed by atoms with Crippen LogP contribution in [0.1, 0.15) is 114 Å². The van der Waals surface area contributed by atoms with E-state index in [0.717, 1.165) is 11.4 Å². The standard InChI is InChI=1S/C39H71N7O7/c1-22(2)15-29(21-46-28(11)18-27(10)45-46)35(49)43-31(20-41-38(52)53-39(12,13)14)36(50)42-30(16-23(3)4)32(47)17-26(9)34(48)44-33(25(7)8)37(51)40-19-24(5)6/h18,22-26,29-33,47H,15-17,19-21H2,1-14H3,(H,40,51)(H,41,52)(H,42,50)(H,43,49)(H,44,48)/t26-,29+,30+,31+,32+,33+/m1/s1. The number of amides is 5. The van der Waals surface area contributed by atoms with Crippen molar-refractivity contribution in [2.24, 2.45) is 35.5 Å². The monoisotopic (exact) mass is 750 g/mol. The maximum atomic E-state index is 14.0. The van der Waals surface area contributed by atoms with Crippen LogP contribution in [-0.2, 0) is 30.5 Å². The van der Waals surface area contributed by atoms with Crippen LogP contribution >= 0.6 is 0 Å². The van der Waals surface area contributed by atoms with Crippen molar-refractivity contribution in [1.29, 1.82) is 0 Å². The number of aryl methyl sites for hydroxylation is 2. The molecule has 0 radical (unpaired) electrons. The Morgan fingerprint density at radius 2 is 1.36 bits per heavy atom. The van der Waals surface area contributed by atoms with Gasteiger partial charge >= 0.3 is 6.09 Å². The molecule has 0 unspecified atom stereocenters. The van der Waals surface area contributed by atoms with Crippen molar-refractivity contribution in [3.05, 3.63) is 17.5 Å². The summed E-state index contributed by atoms with van der Waals surface area (Å²) in [6, 6.07) is -0.794. The molecule has 0 aliphatic carbocycles. The number of nitrogens with zero attached hydrogens (tertiary/aromatic N) is 2. The topological polar surface area (TPSA) is 193 Å². The zero-order valence-corrected chi connectivity index (χ0v) is 34.9. The average molecular weight is 750 g/mol. The Morgan fingerprint density at radius 1 is 0.755 bits per heavy atom. The number of hydrogen-bond acceptors (Lipinski definition) is 8. The highest BCUT2D eigenvalue weighted by molar-refractivity contribution is 5.90. The van der Waals surface area contributed by atoms with Gasteiger partial charge < -0.3 is 36.4 Å². The number of nitrogens with one attached hydrogen (secondary N) is 5. The third kappa shape index (κ3) is 18.3. The normalized spacial score (nSPS) is 15.4. The number of hydrogen-bond donors (Lipinski definition) is 6. The lowest BCUT2D eigenvalue weighted by atomic mass is 9.91. The van der Waals surface area contributed by atoms with E-state index in [1.807, 2.05) is 75.3 Å². The van der Waals surface area contributed by atoms with Gasteiger partial charge in [0.25, 0.3) is 0 Å². The molecule has 6 N–H and O–H groups in total. The van der Waals surface area contributed by atoms with Crippen LogP contribution in [0.2, 0.25) is 0 Å². The highest BCUT2D eigenvalue weighted by atomic mass is 16.6. The minimum atomic E-state index is -1.20. The molecule has 1 rings (SSSR count). The van der Waals surface area contributed by atoms with Gasteiger partial charge in [-0.25, -0.2) is 4.79 Å². The van der Waals surface area contributed by atoms with Crippen molar-refractivity contribution in [2.75, 3.05) is 13.1 Å². The second kappa shape index (κ2) is 21.9. The summed E-state index contributed by atoms with van der Waals surface area (Å²) in [6.07, 6.45) is -0.967. The quantitative estimate of drug-likeness (QED) is 0.109. The van der Waals surface area contributed by atoms with Gasteiger partial charge in [-0.3, -0.25) is 23.9 Å². The minimum Gasteiger partial charge on any atom is -0.444 e. The average Bonchev–Trinajstić information content (AvgIpc) is 3.33. The third-order valence-electron chi connectivity index (χ3n) is 8.60. The highest BCUT2D eigenvalue weighted by Gasteiger charge is 2.33. The molecular formula is C39H71N7O7. The van der Waals surface area contributed by atoms with Crippen molar-refractivity contribution < 1.29 is 33.8 Å². The molecule has 14 nitrogen and oxygen atoms in total. The number of aliphatic hydroxyl groups excluding tert-OH is 1. The Hall–Kier alpha value is -3.68. The summed E-state index contributed by atoms with van der Waals surface area (Å²) in [5.41, 5.74) is 0.960. The summed E-state index contributed by atoms with van der Waals surface area (Å²) in [7, 11) is 0. The molecule has 0 aliphatic rings. The largest absolute Gasteiger partial charge is 0.444 e. The van der Waals surface area contributed by atoms with E-state index in [1.165, 1.54) is 0 Å². The maximum Gasteiger partial charge on any atom is 0.407 e. The summed E-state index contributed by atoms with van der Waals surface area (Å²) >= 11 is 0. The fourth-order valence-electron chi connectivity index (χ4n) is 5.88. The first-order valence-electron chi connectivity index (χ1n) is 19.2. The molecular weight excluding hydrogens is 678 g/mol. The zero-order chi connectivity index (χ0) is 40.8. The van der Waals surface area contributed by atoms with Crippen LogP contribution in [0.15, 0.2) is 6.07 Å². The molecule has 53 heavy (non-hydrogen) atoms. The van der Waals surface area contributed by atoms with E-state index >= 15 is 0 Å². The number of ether oxygens (including phenoxy) is 1. The molecule has 6 atom stereocenters. The number of carbonyl (C=O) groups is 5. The Kier molecular flexibility index (Phi) is 19.5. The van der Waals surface area contributed by atoms with Gasteiger partial charge in [0.05, 0.1) is 36.8 Å². The van der Waals surface area contributed by atoms with Gasteiger partial charge in [0.2, 0.25) is 23.6 Å². The fourth-order valence-corrected chi connectivity index (χ4v) is 5.88. The van der Waals surface area contributed by atoms with Gasteiger partial charge in [0, 0.05) is 18.2 Å². The highest BCUT2D eigenvalue weighted by Crippen LogP contribution is 2.19. The van der Waals surface area contributed by atoms with Crippen molar-refractivity contribution in [1.82, 2.24) is 36.4 Å². The third-order valence-corrected chi connectivity index (χ3v) is 8.60. The Bertz CT molecular complexity index is 1340. The van der Waals surface area contributed by atoms with Crippen molar-refractivity contribution in [2.45, 2.75) is 153 Å². The lowest BCUT2D eigenvalue weighted by Crippen LogP contribution is -2.58. The van der Waals surface area contributed by atoms with Crippen LogP contribution in [0.3, 0.4) is 0 Å². The second-order valence-electron chi connectivity index (χ2n) is 17.2. The van der Waals surface area contributed by atoms with Crippen LogP contribution in [0.5, 0.6) is 0 Å². The molecule has 0 saturated heterocycles. The van der Waals surface area contributed by atoms with E-state index in [0.29, 0.717) is 25.9 Å². The summed E-state index contributed by atoms with van der Waals surface area (Å²) in [5, 5.41) is 30.1. The number of aliphatic hydroxyl groups is 1. The predicted molar refractivity (Wildman–Crippen MR) is 207 cm³/mol. The van der Waals surface area contributed by atoms with Gasteiger partial charge in [-0.1, -0.05) is 62.3 Å². The second-order valence-corrected chi connectivity index (χ2v) is 17.2. The number of carbonyl (C=O) groups excluding carboxylic acids is 5. The molecule has 5 amide bonds. The lowest BCUT2D eigenvalue weighted by Gasteiger charge is -2.31. The van der Waals surface area contributed by atoms with E-state index in [2.05, 4.69) is 31.7 Å². The molecule has 0 aromatic carbocycles. The van der Waals surface area contributed by atoms with E-state index in [4.69, 9.17) is 4.74 Å². The Balaban J connectivity index is 3.25. The minimum absolute atomic E-state index is 0.00815. The number of aromatic nitrogens is 2. The zero-order valence-electron chi connectivity index (χ0n) is 34.9. The maximum absolute atomic E-state index is 14.0. The first-order chi connectivity index (χ1) is 24.4. The van der Waals surface area contributed by atoms with Crippen molar-refractivity contribution in [3.8, 4) is 0 Å². The molecule has 0 bridgehead atoms. The molecule has 1 aromatic heterocycles. The molecule has 0 aliphatic heterocycles. The molecule has 0 saturated carbocycles.